The van der Waals surface area contributed by atoms with Gasteiger partial charge in [-0.3, -0.25) is 4.79 Å². The fraction of sp³-hybridized carbons (Fsp3) is 0.267. The predicted octanol–water partition coefficient (Wildman–Crippen LogP) is 1.99. The van der Waals surface area contributed by atoms with Gasteiger partial charge in [0.05, 0.1) is 5.56 Å². The quantitative estimate of drug-likeness (QED) is 0.901. The van der Waals surface area contributed by atoms with Gasteiger partial charge in [0, 0.05) is 31.2 Å². The first kappa shape index (κ1) is 14.1. The molecule has 0 aliphatic carbocycles. The van der Waals surface area contributed by atoms with Crippen molar-refractivity contribution in [2.45, 2.75) is 19.9 Å². The first-order chi connectivity index (χ1) is 9.76. The first-order valence-corrected chi connectivity index (χ1v) is 6.62. The second kappa shape index (κ2) is 6.77. The highest BCUT2D eigenvalue weighted by Crippen LogP contribution is 2.18. The van der Waals surface area contributed by atoms with E-state index in [0.717, 1.165) is 17.7 Å². The zero-order chi connectivity index (χ0) is 14.4. The number of carbonyl (C=O) groups is 1. The molecule has 2 N–H and O–H groups in total. The van der Waals surface area contributed by atoms with Crippen molar-refractivity contribution in [3.05, 3.63) is 54.1 Å². The average molecular weight is 270 g/mol. The molecule has 1 amide bonds. The number of amides is 1. The fourth-order valence-corrected chi connectivity index (χ4v) is 1.95. The number of hydrogen-bond acceptors (Lipinski definition) is 4. The van der Waals surface area contributed by atoms with Crippen molar-refractivity contribution in [2.75, 3.05) is 11.4 Å². The van der Waals surface area contributed by atoms with Crippen molar-refractivity contribution in [1.29, 1.82) is 0 Å². The van der Waals surface area contributed by atoms with Crippen LogP contribution in [0.1, 0.15) is 29.3 Å². The average Bonchev–Trinajstić information content (AvgIpc) is 2.53. The molecule has 0 radical (unpaired) electrons. The molecule has 1 heterocycles. The minimum Gasteiger partial charge on any atom is -0.326 e. The molecule has 104 valence electrons. The van der Waals surface area contributed by atoms with Crippen LogP contribution in [0.5, 0.6) is 0 Å². The summed E-state index contributed by atoms with van der Waals surface area (Å²) in [6.45, 7) is 3.18. The maximum atomic E-state index is 12.5. The molecule has 0 aliphatic rings. The number of nitrogens with two attached hydrogens (primary N) is 1. The third kappa shape index (κ3) is 3.19. The molecule has 0 fully saturated rings. The molecule has 0 saturated heterocycles. The molecule has 0 spiro atoms. The normalized spacial score (nSPS) is 10.3. The van der Waals surface area contributed by atoms with Crippen LogP contribution in [0.25, 0.3) is 0 Å². The Kier molecular flexibility index (Phi) is 4.79. The Morgan fingerprint density at radius 3 is 2.40 bits per heavy atom. The molecule has 1 aromatic heterocycles. The van der Waals surface area contributed by atoms with Crippen LogP contribution in [0.3, 0.4) is 0 Å². The van der Waals surface area contributed by atoms with Gasteiger partial charge >= 0.3 is 0 Å². The monoisotopic (exact) mass is 270 g/mol. The highest BCUT2D eigenvalue weighted by molar-refractivity contribution is 6.05. The van der Waals surface area contributed by atoms with Gasteiger partial charge in [0.25, 0.3) is 5.91 Å². The topological polar surface area (TPSA) is 72.1 Å². The lowest BCUT2D eigenvalue weighted by Gasteiger charge is -2.22. The molecule has 20 heavy (non-hydrogen) atoms. The van der Waals surface area contributed by atoms with Crippen molar-refractivity contribution >= 4 is 11.6 Å². The van der Waals surface area contributed by atoms with Crippen molar-refractivity contribution in [1.82, 2.24) is 9.97 Å². The molecule has 0 unspecified atom stereocenters. The van der Waals surface area contributed by atoms with Crippen LogP contribution in [0.2, 0.25) is 0 Å². The number of benzene rings is 1. The number of rotatable bonds is 5. The molecule has 2 aromatic rings. The van der Waals surface area contributed by atoms with E-state index in [0.29, 0.717) is 18.7 Å². The molecule has 5 nitrogen and oxygen atoms in total. The van der Waals surface area contributed by atoms with Crippen LogP contribution >= 0.6 is 0 Å². The first-order valence-electron chi connectivity index (χ1n) is 6.62. The van der Waals surface area contributed by atoms with Crippen molar-refractivity contribution in [2.24, 2.45) is 5.73 Å². The van der Waals surface area contributed by atoms with Crippen LogP contribution in [0.15, 0.2) is 43.0 Å². The van der Waals surface area contributed by atoms with Crippen LogP contribution in [0, 0.1) is 0 Å². The zero-order valence-corrected chi connectivity index (χ0v) is 11.5. The van der Waals surface area contributed by atoms with E-state index >= 15 is 0 Å². The number of aromatic nitrogens is 2. The summed E-state index contributed by atoms with van der Waals surface area (Å²) in [5, 5.41) is 0. The summed E-state index contributed by atoms with van der Waals surface area (Å²) in [5.41, 5.74) is 7.98. The molecule has 0 saturated carbocycles. The van der Waals surface area contributed by atoms with Gasteiger partial charge in [-0.15, -0.1) is 0 Å². The van der Waals surface area contributed by atoms with E-state index in [1.54, 1.807) is 4.90 Å². The third-order valence-electron chi connectivity index (χ3n) is 2.98. The second-order valence-electron chi connectivity index (χ2n) is 4.45. The van der Waals surface area contributed by atoms with Crippen molar-refractivity contribution < 1.29 is 4.79 Å². The number of hydrogen-bond donors (Lipinski definition) is 1. The number of carbonyl (C=O) groups excluding carboxylic acids is 1. The van der Waals surface area contributed by atoms with Crippen LogP contribution in [-0.2, 0) is 6.54 Å². The molecule has 5 heteroatoms. The lowest BCUT2D eigenvalue weighted by molar-refractivity contribution is 0.0986. The standard InChI is InChI=1S/C15H18N4O/c1-2-7-19(14-5-3-12(8-16)4-6-14)15(20)13-9-17-11-18-10-13/h3-6,9-11H,2,7-8,16H2,1H3. The van der Waals surface area contributed by atoms with E-state index < -0.39 is 0 Å². The van der Waals surface area contributed by atoms with E-state index in [-0.39, 0.29) is 5.91 Å². The molecular formula is C15H18N4O. The summed E-state index contributed by atoms with van der Waals surface area (Å²) in [7, 11) is 0. The Morgan fingerprint density at radius 1 is 1.20 bits per heavy atom. The highest BCUT2D eigenvalue weighted by Gasteiger charge is 2.17. The van der Waals surface area contributed by atoms with Gasteiger partial charge in [-0.2, -0.15) is 0 Å². The van der Waals surface area contributed by atoms with Crippen LogP contribution in [0.4, 0.5) is 5.69 Å². The predicted molar refractivity (Wildman–Crippen MR) is 78.3 cm³/mol. The van der Waals surface area contributed by atoms with Gasteiger partial charge in [0.1, 0.15) is 6.33 Å². The Labute approximate surface area is 118 Å². The van der Waals surface area contributed by atoms with Crippen molar-refractivity contribution in [3.8, 4) is 0 Å². The summed E-state index contributed by atoms with van der Waals surface area (Å²) < 4.78 is 0. The minimum atomic E-state index is -0.0899. The van der Waals surface area contributed by atoms with E-state index in [1.165, 1.54) is 18.7 Å². The van der Waals surface area contributed by atoms with Gasteiger partial charge in [0.15, 0.2) is 0 Å². The number of nitrogens with zero attached hydrogens (tertiary/aromatic N) is 3. The van der Waals surface area contributed by atoms with Gasteiger partial charge in [0.2, 0.25) is 0 Å². The van der Waals surface area contributed by atoms with Gasteiger partial charge in [-0.1, -0.05) is 19.1 Å². The molecule has 0 aliphatic heterocycles. The highest BCUT2D eigenvalue weighted by atomic mass is 16.2. The van der Waals surface area contributed by atoms with Gasteiger partial charge < -0.3 is 10.6 Å². The molecule has 0 bridgehead atoms. The summed E-state index contributed by atoms with van der Waals surface area (Å²) in [6, 6.07) is 7.71. The lowest BCUT2D eigenvalue weighted by atomic mass is 10.1. The maximum absolute atomic E-state index is 12.5. The Morgan fingerprint density at radius 2 is 1.85 bits per heavy atom. The largest absolute Gasteiger partial charge is 0.326 e. The number of anilines is 1. The molecule has 2 rings (SSSR count). The fourth-order valence-electron chi connectivity index (χ4n) is 1.95. The Bertz CT molecular complexity index is 554. The maximum Gasteiger partial charge on any atom is 0.261 e. The van der Waals surface area contributed by atoms with Crippen LogP contribution < -0.4 is 10.6 Å². The van der Waals surface area contributed by atoms with Gasteiger partial charge in [-0.05, 0) is 24.1 Å². The molecule has 1 aromatic carbocycles. The second-order valence-corrected chi connectivity index (χ2v) is 4.45. The third-order valence-corrected chi connectivity index (χ3v) is 2.98. The van der Waals surface area contributed by atoms with E-state index in [2.05, 4.69) is 9.97 Å². The smallest absolute Gasteiger partial charge is 0.261 e. The van der Waals surface area contributed by atoms with E-state index in [1.807, 2.05) is 31.2 Å². The minimum absolute atomic E-state index is 0.0899. The SMILES string of the molecule is CCCN(C(=O)c1cncnc1)c1ccc(CN)cc1. The summed E-state index contributed by atoms with van der Waals surface area (Å²) >= 11 is 0. The van der Waals surface area contributed by atoms with Gasteiger partial charge in [-0.25, -0.2) is 9.97 Å². The lowest BCUT2D eigenvalue weighted by Crippen LogP contribution is -2.31. The summed E-state index contributed by atoms with van der Waals surface area (Å²) in [4.78, 5) is 22.0. The van der Waals surface area contributed by atoms with E-state index in [9.17, 15) is 4.79 Å². The Hall–Kier alpha value is -2.27. The van der Waals surface area contributed by atoms with Crippen molar-refractivity contribution in [3.63, 3.8) is 0 Å². The van der Waals surface area contributed by atoms with E-state index in [4.69, 9.17) is 5.73 Å². The Balaban J connectivity index is 2.28. The summed E-state index contributed by atoms with van der Waals surface area (Å²) in [5.74, 6) is -0.0899. The molecule has 0 atom stereocenters. The zero-order valence-electron chi connectivity index (χ0n) is 11.5. The van der Waals surface area contributed by atoms with Crippen LogP contribution in [-0.4, -0.2) is 22.4 Å². The molecular weight excluding hydrogens is 252 g/mol. The summed E-state index contributed by atoms with van der Waals surface area (Å²) in [6.07, 6.45) is 5.35.